The van der Waals surface area contributed by atoms with Crippen molar-refractivity contribution in [1.29, 1.82) is 0 Å². The third-order valence-corrected chi connectivity index (χ3v) is 6.76. The van der Waals surface area contributed by atoms with Crippen LogP contribution in [0.2, 0.25) is 0 Å². The lowest BCUT2D eigenvalue weighted by molar-refractivity contribution is -0.137. The maximum Gasteiger partial charge on any atom is 0.417 e. The van der Waals surface area contributed by atoms with Crippen LogP contribution in [0.4, 0.5) is 19.0 Å². The Labute approximate surface area is 196 Å². The highest BCUT2D eigenvalue weighted by molar-refractivity contribution is 5.99. The Kier molecular flexibility index (Phi) is 5.54. The largest absolute Gasteiger partial charge is 0.417 e. The second-order valence-corrected chi connectivity index (χ2v) is 9.32. The molecule has 5 nitrogen and oxygen atoms in total. The minimum absolute atomic E-state index is 0.0926. The first-order valence-electron chi connectivity index (χ1n) is 11.4. The molecule has 1 aromatic carbocycles. The Bertz CT molecular complexity index is 1190. The average Bonchev–Trinajstić information content (AvgIpc) is 3.48. The van der Waals surface area contributed by atoms with E-state index in [1.807, 2.05) is 54.3 Å². The summed E-state index contributed by atoms with van der Waals surface area (Å²) >= 11 is 0. The predicted molar refractivity (Wildman–Crippen MR) is 123 cm³/mol. The quantitative estimate of drug-likeness (QED) is 0.534. The second-order valence-electron chi connectivity index (χ2n) is 9.32. The van der Waals surface area contributed by atoms with Crippen LogP contribution in [0.3, 0.4) is 0 Å². The molecule has 0 bridgehead atoms. The maximum absolute atomic E-state index is 13.8. The van der Waals surface area contributed by atoms with Crippen LogP contribution in [-0.4, -0.2) is 39.9 Å². The van der Waals surface area contributed by atoms with Gasteiger partial charge in [0.2, 0.25) is 0 Å². The zero-order chi connectivity index (χ0) is 23.9. The molecule has 0 radical (unpaired) electrons. The van der Waals surface area contributed by atoms with Gasteiger partial charge < -0.3 is 10.2 Å². The van der Waals surface area contributed by atoms with E-state index < -0.39 is 11.7 Å². The Morgan fingerprint density at radius 3 is 2.53 bits per heavy atom. The molecule has 1 atom stereocenters. The number of halogens is 3. The monoisotopic (exact) mass is 466 g/mol. The van der Waals surface area contributed by atoms with Gasteiger partial charge in [0, 0.05) is 36.6 Å². The van der Waals surface area contributed by atoms with Gasteiger partial charge in [-0.05, 0) is 55.4 Å². The van der Waals surface area contributed by atoms with Crippen LogP contribution >= 0.6 is 0 Å². The molecule has 2 aromatic heterocycles. The van der Waals surface area contributed by atoms with Crippen molar-refractivity contribution in [2.75, 3.05) is 18.4 Å². The minimum atomic E-state index is -4.42. The highest BCUT2D eigenvalue weighted by atomic mass is 19.4. The topological polar surface area (TPSA) is 58.1 Å². The molecule has 1 N–H and O–H groups in total. The molecule has 2 aliphatic rings. The van der Waals surface area contributed by atoms with E-state index in [0.29, 0.717) is 24.6 Å². The number of hydrogen-bond donors (Lipinski definition) is 1. The molecular weight excluding hydrogens is 441 g/mol. The van der Waals surface area contributed by atoms with Gasteiger partial charge in [-0.15, -0.1) is 0 Å². The normalized spacial score (nSPS) is 18.8. The van der Waals surface area contributed by atoms with Crippen LogP contribution in [0.25, 0.3) is 11.1 Å². The van der Waals surface area contributed by atoms with Gasteiger partial charge in [-0.1, -0.05) is 36.4 Å². The fraction of sp³-hybridized carbons (Fsp3) is 0.346. The predicted octanol–water partition coefficient (Wildman–Crippen LogP) is 5.58. The number of hydrogen-bond acceptors (Lipinski definition) is 4. The SMILES string of the molecule is Cc1ccc(-c2ccccc2)c(C(=O)N2CC3(CC3)CC2CNc2ccc(C(F)(F)F)cn2)n1. The summed E-state index contributed by atoms with van der Waals surface area (Å²) in [5, 5.41) is 3.13. The fourth-order valence-corrected chi connectivity index (χ4v) is 4.72. The summed E-state index contributed by atoms with van der Waals surface area (Å²) in [6.45, 7) is 2.95. The van der Waals surface area contributed by atoms with Crippen LogP contribution in [0.1, 0.15) is 41.0 Å². The maximum atomic E-state index is 13.8. The number of carbonyl (C=O) groups is 1. The summed E-state index contributed by atoms with van der Waals surface area (Å²) in [4.78, 5) is 24.2. The van der Waals surface area contributed by atoms with Gasteiger partial charge in [0.05, 0.1) is 5.56 Å². The average molecular weight is 467 g/mol. The van der Waals surface area contributed by atoms with Crippen molar-refractivity contribution in [3.63, 3.8) is 0 Å². The molecule has 1 aliphatic heterocycles. The third-order valence-electron chi connectivity index (χ3n) is 6.76. The number of nitrogens with zero attached hydrogens (tertiary/aromatic N) is 3. The standard InChI is InChI=1S/C26H25F3N4O/c1-17-7-9-21(18-5-3-2-4-6-18)23(32-17)24(34)33-16-25(11-12-25)13-20(33)15-31-22-10-8-19(14-30-22)26(27,28)29/h2-10,14,20H,11-13,15-16H2,1H3,(H,30,31). The molecule has 2 fully saturated rings. The van der Waals surface area contributed by atoms with E-state index in [0.717, 1.165) is 48.3 Å². The van der Waals surface area contributed by atoms with Crippen molar-refractivity contribution in [1.82, 2.24) is 14.9 Å². The molecule has 176 valence electrons. The molecule has 3 aromatic rings. The molecular formula is C26H25F3N4O. The first-order chi connectivity index (χ1) is 16.2. The Morgan fingerprint density at radius 1 is 1.12 bits per heavy atom. The van der Waals surface area contributed by atoms with Crippen molar-refractivity contribution in [3.8, 4) is 11.1 Å². The lowest BCUT2D eigenvalue weighted by Gasteiger charge is -2.26. The first-order valence-corrected chi connectivity index (χ1v) is 11.4. The molecule has 5 rings (SSSR count). The van der Waals surface area contributed by atoms with E-state index in [1.165, 1.54) is 6.07 Å². The lowest BCUT2D eigenvalue weighted by atomic mass is 10.0. The Balaban J connectivity index is 1.37. The highest BCUT2D eigenvalue weighted by Gasteiger charge is 2.53. The van der Waals surface area contributed by atoms with Crippen LogP contribution in [0.5, 0.6) is 0 Å². The number of aryl methyl sites for hydroxylation is 1. The van der Waals surface area contributed by atoms with Gasteiger partial charge in [-0.2, -0.15) is 13.2 Å². The minimum Gasteiger partial charge on any atom is -0.368 e. The van der Waals surface area contributed by atoms with Crippen molar-refractivity contribution in [3.05, 3.63) is 77.7 Å². The number of aromatic nitrogens is 2. The first kappa shape index (κ1) is 22.4. The van der Waals surface area contributed by atoms with Crippen LogP contribution in [0, 0.1) is 12.3 Å². The number of anilines is 1. The van der Waals surface area contributed by atoms with E-state index in [1.54, 1.807) is 0 Å². The van der Waals surface area contributed by atoms with Crippen LogP contribution in [0.15, 0.2) is 60.8 Å². The Hall–Kier alpha value is -3.42. The van der Waals surface area contributed by atoms with Crippen molar-refractivity contribution in [2.45, 2.75) is 38.4 Å². The zero-order valence-corrected chi connectivity index (χ0v) is 18.8. The van der Waals surface area contributed by atoms with Gasteiger partial charge in [0.25, 0.3) is 5.91 Å². The number of rotatable bonds is 5. The van der Waals surface area contributed by atoms with E-state index in [4.69, 9.17) is 0 Å². The van der Waals surface area contributed by atoms with Gasteiger partial charge in [-0.3, -0.25) is 4.79 Å². The van der Waals surface area contributed by atoms with E-state index in [9.17, 15) is 18.0 Å². The fourth-order valence-electron chi connectivity index (χ4n) is 4.72. The second kappa shape index (κ2) is 8.42. The summed E-state index contributed by atoms with van der Waals surface area (Å²) in [7, 11) is 0. The summed E-state index contributed by atoms with van der Waals surface area (Å²) in [5.41, 5.74) is 2.29. The highest BCUT2D eigenvalue weighted by Crippen LogP contribution is 2.55. The molecule has 1 amide bonds. The molecule has 1 saturated heterocycles. The number of pyridine rings is 2. The van der Waals surface area contributed by atoms with Crippen molar-refractivity contribution < 1.29 is 18.0 Å². The number of benzene rings is 1. The van der Waals surface area contributed by atoms with Crippen molar-refractivity contribution in [2.24, 2.45) is 5.41 Å². The number of carbonyl (C=O) groups excluding carboxylic acids is 1. The molecule has 3 heterocycles. The molecule has 1 saturated carbocycles. The van der Waals surface area contributed by atoms with Gasteiger partial charge in [0.15, 0.2) is 0 Å². The summed E-state index contributed by atoms with van der Waals surface area (Å²) in [6, 6.07) is 15.8. The number of likely N-dealkylation sites (tertiary alicyclic amines) is 1. The van der Waals surface area contributed by atoms with Crippen LogP contribution < -0.4 is 5.32 Å². The van der Waals surface area contributed by atoms with E-state index in [-0.39, 0.29) is 17.4 Å². The van der Waals surface area contributed by atoms with Gasteiger partial charge >= 0.3 is 6.18 Å². The number of nitrogens with one attached hydrogen (secondary N) is 1. The third kappa shape index (κ3) is 4.49. The van der Waals surface area contributed by atoms with E-state index in [2.05, 4.69) is 15.3 Å². The summed E-state index contributed by atoms with van der Waals surface area (Å²) < 4.78 is 38.5. The molecule has 34 heavy (non-hydrogen) atoms. The van der Waals surface area contributed by atoms with Crippen LogP contribution in [-0.2, 0) is 6.18 Å². The molecule has 1 aliphatic carbocycles. The smallest absolute Gasteiger partial charge is 0.368 e. The lowest BCUT2D eigenvalue weighted by Crippen LogP contribution is -2.40. The van der Waals surface area contributed by atoms with Gasteiger partial charge in [-0.25, -0.2) is 9.97 Å². The summed E-state index contributed by atoms with van der Waals surface area (Å²) in [6.07, 6.45) is -0.572. The molecule has 1 unspecified atom stereocenters. The zero-order valence-electron chi connectivity index (χ0n) is 18.8. The number of alkyl halides is 3. The Morgan fingerprint density at radius 2 is 1.88 bits per heavy atom. The van der Waals surface area contributed by atoms with Gasteiger partial charge in [0.1, 0.15) is 11.5 Å². The van der Waals surface area contributed by atoms with Crippen molar-refractivity contribution >= 4 is 11.7 Å². The number of amides is 1. The van der Waals surface area contributed by atoms with E-state index >= 15 is 0 Å². The molecule has 8 heteroatoms. The summed E-state index contributed by atoms with van der Waals surface area (Å²) in [5.74, 6) is 0.245. The molecule has 1 spiro atoms.